The number of rotatable bonds is 5. The van der Waals surface area contributed by atoms with Gasteiger partial charge in [0.1, 0.15) is 0 Å². The van der Waals surface area contributed by atoms with Gasteiger partial charge in [-0.05, 0) is 37.0 Å². The molecule has 2 aromatic rings. The lowest BCUT2D eigenvalue weighted by molar-refractivity contribution is 0.0548. The second kappa shape index (κ2) is 7.41. The predicted molar refractivity (Wildman–Crippen MR) is 90.0 cm³/mol. The van der Waals surface area contributed by atoms with E-state index >= 15 is 0 Å². The maximum Gasteiger partial charge on any atom is 0.0506 e. The molecular weight excluding hydrogens is 302 g/mol. The van der Waals surface area contributed by atoms with Crippen LogP contribution in [0.15, 0.2) is 36.4 Å². The molecule has 1 aliphatic rings. The van der Waals surface area contributed by atoms with E-state index < -0.39 is 0 Å². The molecule has 0 radical (unpaired) electrons. The van der Waals surface area contributed by atoms with E-state index in [1.54, 1.807) is 0 Å². The van der Waals surface area contributed by atoms with Crippen molar-refractivity contribution in [3.05, 3.63) is 46.3 Å². The summed E-state index contributed by atoms with van der Waals surface area (Å²) in [6.07, 6.45) is 2.48. The Bertz CT molecular complexity index is 578. The highest BCUT2D eigenvalue weighted by Crippen LogP contribution is 2.33. The third-order valence-electron chi connectivity index (χ3n) is 3.79. The third-order valence-corrected chi connectivity index (χ3v) is 5.24. The smallest absolute Gasteiger partial charge is 0.0506 e. The number of hydrogen-bond acceptors (Lipinski definition) is 3. The molecule has 1 atom stereocenters. The first-order valence-corrected chi connectivity index (χ1v) is 8.64. The van der Waals surface area contributed by atoms with Crippen molar-refractivity contribution in [1.29, 1.82) is 0 Å². The highest BCUT2D eigenvalue weighted by atomic mass is 35.5. The zero-order chi connectivity index (χ0) is 14.5. The van der Waals surface area contributed by atoms with Crippen molar-refractivity contribution in [1.82, 2.24) is 5.32 Å². The molecule has 1 fully saturated rings. The molecular formula is C17H20ClNOS. The van der Waals surface area contributed by atoms with Gasteiger partial charge in [0.05, 0.1) is 6.61 Å². The second-order valence-corrected chi connectivity index (χ2v) is 7.04. The average molecular weight is 322 g/mol. The topological polar surface area (TPSA) is 21.3 Å². The van der Waals surface area contributed by atoms with Gasteiger partial charge in [-0.15, -0.1) is 11.3 Å². The zero-order valence-corrected chi connectivity index (χ0v) is 13.6. The number of hydrogen-bond donors (Lipinski definition) is 1. The summed E-state index contributed by atoms with van der Waals surface area (Å²) in [7, 11) is 0. The van der Waals surface area contributed by atoms with Crippen molar-refractivity contribution in [3.63, 3.8) is 0 Å². The van der Waals surface area contributed by atoms with Crippen LogP contribution in [0.4, 0.5) is 0 Å². The highest BCUT2D eigenvalue weighted by molar-refractivity contribution is 7.15. The Kier molecular flexibility index (Phi) is 5.31. The van der Waals surface area contributed by atoms with Crippen molar-refractivity contribution in [2.24, 2.45) is 5.92 Å². The summed E-state index contributed by atoms with van der Waals surface area (Å²) in [5.74, 6) is 0.668. The van der Waals surface area contributed by atoms with Crippen LogP contribution in [0.3, 0.4) is 0 Å². The van der Waals surface area contributed by atoms with Crippen LogP contribution < -0.4 is 5.32 Å². The Morgan fingerprint density at radius 1 is 1.24 bits per heavy atom. The molecule has 0 amide bonds. The van der Waals surface area contributed by atoms with E-state index in [0.29, 0.717) is 5.92 Å². The first-order chi connectivity index (χ1) is 10.3. The number of halogens is 1. The third kappa shape index (κ3) is 4.07. The molecule has 0 spiro atoms. The van der Waals surface area contributed by atoms with E-state index in [2.05, 4.69) is 23.5 Å². The maximum absolute atomic E-state index is 6.25. The summed E-state index contributed by atoms with van der Waals surface area (Å²) in [4.78, 5) is 2.58. The van der Waals surface area contributed by atoms with Crippen LogP contribution in [0, 0.1) is 5.92 Å². The van der Waals surface area contributed by atoms with Crippen molar-refractivity contribution in [2.45, 2.75) is 19.4 Å². The molecule has 2 nitrogen and oxygen atoms in total. The first kappa shape index (κ1) is 15.0. The number of nitrogens with one attached hydrogen (secondary N) is 1. The Morgan fingerprint density at radius 2 is 2.14 bits per heavy atom. The van der Waals surface area contributed by atoms with Crippen molar-refractivity contribution < 1.29 is 4.74 Å². The minimum atomic E-state index is 0.668. The van der Waals surface area contributed by atoms with Crippen LogP contribution in [0.5, 0.6) is 0 Å². The number of thiophene rings is 1. The van der Waals surface area contributed by atoms with Gasteiger partial charge in [0.15, 0.2) is 0 Å². The van der Waals surface area contributed by atoms with E-state index in [1.807, 2.05) is 29.5 Å². The first-order valence-electron chi connectivity index (χ1n) is 7.45. The summed E-state index contributed by atoms with van der Waals surface area (Å²) >= 11 is 8.06. The lowest BCUT2D eigenvalue weighted by Gasteiger charge is -2.22. The largest absolute Gasteiger partial charge is 0.381 e. The molecule has 1 unspecified atom stereocenters. The van der Waals surface area contributed by atoms with Gasteiger partial charge in [-0.2, -0.15) is 0 Å². The summed E-state index contributed by atoms with van der Waals surface area (Å²) in [5.41, 5.74) is 1.12. The lowest BCUT2D eigenvalue weighted by Crippen LogP contribution is -2.28. The van der Waals surface area contributed by atoms with Gasteiger partial charge >= 0.3 is 0 Å². The van der Waals surface area contributed by atoms with Gasteiger partial charge in [-0.3, -0.25) is 0 Å². The standard InChI is InChI=1S/C17H20ClNOS/c18-16-6-2-1-5-15(16)17-8-7-14(21-17)11-19-10-13-4-3-9-20-12-13/h1-2,5-8,13,19H,3-4,9-12H2. The molecule has 3 rings (SSSR count). The molecule has 112 valence electrons. The Labute approximate surface area is 135 Å². The van der Waals surface area contributed by atoms with Crippen LogP contribution in [0.2, 0.25) is 5.02 Å². The van der Waals surface area contributed by atoms with Crippen molar-refractivity contribution in [2.75, 3.05) is 19.8 Å². The Morgan fingerprint density at radius 3 is 2.95 bits per heavy atom. The molecule has 21 heavy (non-hydrogen) atoms. The summed E-state index contributed by atoms with van der Waals surface area (Å²) in [5, 5.41) is 4.37. The minimum Gasteiger partial charge on any atom is -0.381 e. The Hall–Kier alpha value is -0.870. The minimum absolute atomic E-state index is 0.668. The molecule has 1 aromatic carbocycles. The fourth-order valence-corrected chi connectivity index (χ4v) is 3.96. The second-order valence-electron chi connectivity index (χ2n) is 5.46. The van der Waals surface area contributed by atoms with Crippen LogP contribution in [0.1, 0.15) is 17.7 Å². The lowest BCUT2D eigenvalue weighted by atomic mass is 10.0. The zero-order valence-electron chi connectivity index (χ0n) is 12.0. The molecule has 1 N–H and O–H groups in total. The van der Waals surface area contributed by atoms with Gasteiger partial charge < -0.3 is 10.1 Å². The fourth-order valence-electron chi connectivity index (χ4n) is 2.65. The summed E-state index contributed by atoms with van der Waals surface area (Å²) in [6, 6.07) is 12.4. The molecule has 0 aliphatic carbocycles. The van der Waals surface area contributed by atoms with Gasteiger partial charge in [0.25, 0.3) is 0 Å². The van der Waals surface area contributed by atoms with Gasteiger partial charge in [0, 0.05) is 40.0 Å². The summed E-state index contributed by atoms with van der Waals surface area (Å²) in [6.45, 7) is 3.80. The normalized spacial score (nSPS) is 18.8. The van der Waals surface area contributed by atoms with Crippen LogP contribution >= 0.6 is 22.9 Å². The molecule has 0 bridgehead atoms. The molecule has 1 aromatic heterocycles. The number of benzene rings is 1. The maximum atomic E-state index is 6.25. The molecule has 0 saturated carbocycles. The van der Waals surface area contributed by atoms with Crippen LogP contribution in [-0.2, 0) is 11.3 Å². The molecule has 1 saturated heterocycles. The van der Waals surface area contributed by atoms with Crippen molar-refractivity contribution >= 4 is 22.9 Å². The van der Waals surface area contributed by atoms with E-state index in [0.717, 1.165) is 36.9 Å². The van der Waals surface area contributed by atoms with Crippen molar-refractivity contribution in [3.8, 4) is 10.4 Å². The molecule has 1 aliphatic heterocycles. The van der Waals surface area contributed by atoms with Crippen LogP contribution in [-0.4, -0.2) is 19.8 Å². The molecule has 4 heteroatoms. The molecule has 2 heterocycles. The van der Waals surface area contributed by atoms with Gasteiger partial charge in [0.2, 0.25) is 0 Å². The van der Waals surface area contributed by atoms with E-state index in [-0.39, 0.29) is 0 Å². The predicted octanol–water partition coefficient (Wildman–Crippen LogP) is 4.58. The quantitative estimate of drug-likeness (QED) is 0.870. The number of ether oxygens (including phenoxy) is 1. The SMILES string of the molecule is Clc1ccccc1-c1ccc(CNCC2CCCOC2)s1. The van der Waals surface area contributed by atoms with E-state index in [4.69, 9.17) is 16.3 Å². The van der Waals surface area contributed by atoms with Gasteiger partial charge in [-0.1, -0.05) is 29.8 Å². The van der Waals surface area contributed by atoms with Crippen LogP contribution in [0.25, 0.3) is 10.4 Å². The fraction of sp³-hybridized carbons (Fsp3) is 0.412. The highest BCUT2D eigenvalue weighted by Gasteiger charge is 2.13. The van der Waals surface area contributed by atoms with Gasteiger partial charge in [-0.25, -0.2) is 0 Å². The average Bonchev–Trinajstić information content (AvgIpc) is 2.97. The van der Waals surface area contributed by atoms with E-state index in [9.17, 15) is 0 Å². The Balaban J connectivity index is 1.54. The van der Waals surface area contributed by atoms with E-state index in [1.165, 1.54) is 22.6 Å². The monoisotopic (exact) mass is 321 g/mol. The summed E-state index contributed by atoms with van der Waals surface area (Å²) < 4.78 is 5.51.